The fraction of sp³-hybridized carbons (Fsp3) is 0.667. The Labute approximate surface area is 96.6 Å². The van der Waals surface area contributed by atoms with Gasteiger partial charge in [-0.05, 0) is 45.4 Å². The van der Waals surface area contributed by atoms with Gasteiger partial charge < -0.3 is 4.90 Å². The van der Waals surface area contributed by atoms with E-state index in [1.54, 1.807) is 13.0 Å². The molecule has 1 fully saturated rings. The fourth-order valence-corrected chi connectivity index (χ4v) is 2.13. The number of rotatable bonds is 2. The van der Waals surface area contributed by atoms with Gasteiger partial charge in [-0.1, -0.05) is 17.7 Å². The molecule has 1 nitrogen and oxygen atoms in total. The van der Waals surface area contributed by atoms with Gasteiger partial charge in [0.2, 0.25) is 0 Å². The lowest BCUT2D eigenvalue weighted by Gasteiger charge is -2.35. The average molecular weight is 232 g/mol. The first-order valence-corrected chi connectivity index (χ1v) is 5.74. The van der Waals surface area contributed by atoms with Crippen molar-refractivity contribution in [2.24, 2.45) is 0 Å². The number of nitrogens with zero attached hydrogens (tertiary/aromatic N) is 1. The maximum Gasteiger partial charge on any atom is 0.135 e. The van der Waals surface area contributed by atoms with Gasteiger partial charge in [0, 0.05) is 18.1 Å². The highest BCUT2D eigenvalue weighted by molar-refractivity contribution is 6.31. The van der Waals surface area contributed by atoms with Gasteiger partial charge in [0.1, 0.15) is 5.67 Å². The predicted octanol–water partition coefficient (Wildman–Crippen LogP) is 3.51. The molecule has 0 radical (unpaired) electrons. The minimum Gasteiger partial charge on any atom is -0.306 e. The van der Waals surface area contributed by atoms with Gasteiger partial charge in [0.25, 0.3) is 0 Å². The summed E-state index contributed by atoms with van der Waals surface area (Å²) in [5.41, 5.74) is -0.529. The number of alkyl halides is 1. The zero-order valence-electron chi connectivity index (χ0n) is 9.69. The molecule has 0 amide bonds. The first-order chi connectivity index (χ1) is 6.99. The lowest BCUT2D eigenvalue weighted by molar-refractivity contribution is 0.102. The van der Waals surface area contributed by atoms with E-state index < -0.39 is 5.67 Å². The second-order valence-electron chi connectivity index (χ2n) is 4.24. The van der Waals surface area contributed by atoms with Crippen LogP contribution in [0.1, 0.15) is 26.7 Å². The van der Waals surface area contributed by atoms with Gasteiger partial charge in [-0.2, -0.15) is 0 Å². The lowest BCUT2D eigenvalue weighted by atomic mass is 9.86. The minimum atomic E-state index is -1.21. The largest absolute Gasteiger partial charge is 0.306 e. The predicted molar refractivity (Wildman–Crippen MR) is 63.9 cm³/mol. The van der Waals surface area contributed by atoms with Crippen LogP contribution in [0.4, 0.5) is 4.39 Å². The molecule has 0 aliphatic carbocycles. The van der Waals surface area contributed by atoms with Crippen LogP contribution in [0.2, 0.25) is 0 Å². The first-order valence-electron chi connectivity index (χ1n) is 5.36. The van der Waals surface area contributed by atoms with Crippen molar-refractivity contribution < 1.29 is 4.39 Å². The van der Waals surface area contributed by atoms with Gasteiger partial charge in [-0.3, -0.25) is 0 Å². The summed E-state index contributed by atoms with van der Waals surface area (Å²) >= 11 is 6.03. The van der Waals surface area contributed by atoms with Crippen LogP contribution in [0.25, 0.3) is 0 Å². The Morgan fingerprint density at radius 1 is 1.40 bits per heavy atom. The van der Waals surface area contributed by atoms with Crippen molar-refractivity contribution in [1.82, 2.24) is 4.90 Å². The molecule has 1 rings (SSSR count). The van der Waals surface area contributed by atoms with Crippen molar-refractivity contribution >= 4 is 11.6 Å². The monoisotopic (exact) mass is 231 g/mol. The molecule has 0 atom stereocenters. The summed E-state index contributed by atoms with van der Waals surface area (Å²) < 4.78 is 14.5. The molecule has 0 bridgehead atoms. The highest BCUT2D eigenvalue weighted by Crippen LogP contribution is 2.36. The average Bonchev–Trinajstić information content (AvgIpc) is 2.22. The Kier molecular flexibility index (Phi) is 4.35. The van der Waals surface area contributed by atoms with Crippen molar-refractivity contribution in [2.45, 2.75) is 32.4 Å². The molecule has 15 heavy (non-hydrogen) atoms. The molecule has 0 aromatic heterocycles. The molecule has 3 heteroatoms. The van der Waals surface area contributed by atoms with Gasteiger partial charge >= 0.3 is 0 Å². The highest BCUT2D eigenvalue weighted by Gasteiger charge is 2.36. The lowest BCUT2D eigenvalue weighted by Crippen LogP contribution is -2.40. The third-order valence-electron chi connectivity index (χ3n) is 3.12. The number of allylic oxidation sites excluding steroid dienone is 4. The van der Waals surface area contributed by atoms with Crippen molar-refractivity contribution in [2.75, 3.05) is 20.1 Å². The van der Waals surface area contributed by atoms with Crippen molar-refractivity contribution in [3.8, 4) is 0 Å². The van der Waals surface area contributed by atoms with E-state index >= 15 is 0 Å². The fourth-order valence-electron chi connectivity index (χ4n) is 1.83. The molecule has 1 aliphatic heterocycles. The van der Waals surface area contributed by atoms with E-state index in [4.69, 9.17) is 11.6 Å². The second-order valence-corrected chi connectivity index (χ2v) is 4.65. The number of hydrogen-bond acceptors (Lipinski definition) is 1. The van der Waals surface area contributed by atoms with Crippen LogP contribution in [-0.2, 0) is 0 Å². The minimum absolute atomic E-state index is 0.545. The third kappa shape index (κ3) is 3.05. The Morgan fingerprint density at radius 2 is 1.93 bits per heavy atom. The molecule has 0 aromatic rings. The smallest absolute Gasteiger partial charge is 0.135 e. The second kappa shape index (κ2) is 5.13. The molecule has 0 unspecified atom stereocenters. The maximum absolute atomic E-state index is 14.5. The molecule has 0 aromatic carbocycles. The molecule has 1 saturated heterocycles. The molecular weight excluding hydrogens is 213 g/mol. The van der Waals surface area contributed by atoms with Crippen LogP contribution in [0.3, 0.4) is 0 Å². The molecule has 0 N–H and O–H groups in total. The van der Waals surface area contributed by atoms with E-state index in [0.29, 0.717) is 23.4 Å². The summed E-state index contributed by atoms with van der Waals surface area (Å²) in [6.45, 7) is 5.28. The summed E-state index contributed by atoms with van der Waals surface area (Å²) in [4.78, 5) is 2.15. The summed E-state index contributed by atoms with van der Waals surface area (Å²) in [6.07, 6.45) is 4.69. The summed E-state index contributed by atoms with van der Waals surface area (Å²) in [6, 6.07) is 0. The maximum atomic E-state index is 14.5. The van der Waals surface area contributed by atoms with E-state index in [1.165, 1.54) is 0 Å². The zero-order valence-corrected chi connectivity index (χ0v) is 10.4. The van der Waals surface area contributed by atoms with Crippen LogP contribution in [-0.4, -0.2) is 30.7 Å². The van der Waals surface area contributed by atoms with Crippen LogP contribution >= 0.6 is 11.6 Å². The molecular formula is C12H19ClFN. The summed E-state index contributed by atoms with van der Waals surface area (Å²) in [5, 5.41) is 0.546. The highest BCUT2D eigenvalue weighted by atomic mass is 35.5. The van der Waals surface area contributed by atoms with E-state index in [1.807, 2.05) is 20.0 Å². The van der Waals surface area contributed by atoms with Crippen LogP contribution in [0.5, 0.6) is 0 Å². The molecule has 86 valence electrons. The van der Waals surface area contributed by atoms with Crippen LogP contribution in [0.15, 0.2) is 22.8 Å². The molecule has 0 spiro atoms. The van der Waals surface area contributed by atoms with Crippen LogP contribution in [0, 0.1) is 0 Å². The van der Waals surface area contributed by atoms with E-state index in [9.17, 15) is 4.39 Å². The summed E-state index contributed by atoms with van der Waals surface area (Å²) in [5.74, 6) is 0. The normalized spacial score (nSPS) is 24.3. The number of hydrogen-bond donors (Lipinski definition) is 0. The standard InChI is InChI=1S/C12H19ClFN/c1-4-5-11(13)10(2)12(14)6-8-15(3)9-7-12/h4-5H,6-9H2,1-3H3/b5-4-,11-10-. The number of likely N-dealkylation sites (tertiary alicyclic amines) is 1. The third-order valence-corrected chi connectivity index (χ3v) is 3.53. The molecule has 0 saturated carbocycles. The van der Waals surface area contributed by atoms with E-state index in [2.05, 4.69) is 4.90 Å². The Morgan fingerprint density at radius 3 is 2.40 bits per heavy atom. The molecule has 1 aliphatic rings. The van der Waals surface area contributed by atoms with Crippen molar-refractivity contribution in [3.63, 3.8) is 0 Å². The Balaban J connectivity index is 2.82. The van der Waals surface area contributed by atoms with Gasteiger partial charge in [0.15, 0.2) is 0 Å². The topological polar surface area (TPSA) is 3.24 Å². The van der Waals surface area contributed by atoms with Crippen molar-refractivity contribution in [3.05, 3.63) is 22.8 Å². The van der Waals surface area contributed by atoms with Gasteiger partial charge in [-0.25, -0.2) is 4.39 Å². The Hall–Kier alpha value is -0.340. The van der Waals surface area contributed by atoms with Gasteiger partial charge in [0.05, 0.1) is 0 Å². The molecule has 1 heterocycles. The quantitative estimate of drug-likeness (QED) is 0.658. The van der Waals surface area contributed by atoms with Gasteiger partial charge in [-0.15, -0.1) is 0 Å². The first kappa shape index (κ1) is 12.7. The van der Waals surface area contributed by atoms with E-state index in [0.717, 1.165) is 13.1 Å². The zero-order chi connectivity index (χ0) is 11.5. The number of piperidine rings is 1. The van der Waals surface area contributed by atoms with Crippen molar-refractivity contribution in [1.29, 1.82) is 0 Å². The number of halogens is 2. The summed E-state index contributed by atoms with van der Waals surface area (Å²) in [7, 11) is 2.02. The van der Waals surface area contributed by atoms with E-state index in [-0.39, 0.29) is 0 Å². The Bertz CT molecular complexity index is 275. The van der Waals surface area contributed by atoms with Crippen LogP contribution < -0.4 is 0 Å². The SMILES string of the molecule is C/C=C\C(Cl)=C(/C)C1(F)CCN(C)CC1.